The van der Waals surface area contributed by atoms with Crippen molar-refractivity contribution >= 4 is 17.4 Å². The van der Waals surface area contributed by atoms with Crippen LogP contribution in [0.5, 0.6) is 0 Å². The Morgan fingerprint density at radius 3 is 2.22 bits per heavy atom. The second kappa shape index (κ2) is 8.88. The van der Waals surface area contributed by atoms with Crippen molar-refractivity contribution in [2.75, 3.05) is 24.6 Å². The minimum atomic E-state index is -0.406. The first-order chi connectivity index (χ1) is 18.2. The van der Waals surface area contributed by atoms with Crippen LogP contribution in [0.3, 0.4) is 0 Å². The molecule has 3 aromatic rings. The summed E-state index contributed by atoms with van der Waals surface area (Å²) in [5.41, 5.74) is 6.97. The van der Waals surface area contributed by atoms with E-state index in [4.69, 9.17) is 4.74 Å². The highest BCUT2D eigenvalue weighted by Crippen LogP contribution is 2.53. The van der Waals surface area contributed by atoms with E-state index in [-0.39, 0.29) is 18.3 Å². The predicted octanol–water partition coefficient (Wildman–Crippen LogP) is 6.55. The number of Topliss-reactive ketones (excluding diaryl/α,β-unsaturated/α-hetero) is 1. The molecule has 0 bridgehead atoms. The molecule has 2 aliphatic carbocycles. The highest BCUT2D eigenvalue weighted by molar-refractivity contribution is 6.00. The number of ether oxygens (including phenoxy) is 1. The van der Waals surface area contributed by atoms with E-state index in [1.807, 2.05) is 48.5 Å². The lowest BCUT2D eigenvalue weighted by Gasteiger charge is -2.46. The quantitative estimate of drug-likeness (QED) is 0.233. The Hall–Kier alpha value is -3.92. The van der Waals surface area contributed by atoms with Crippen LogP contribution in [0.1, 0.15) is 56.5 Å². The second-order valence-electron chi connectivity index (χ2n) is 10.7. The first kappa shape index (κ1) is 22.3. The van der Waals surface area contributed by atoms with E-state index in [9.17, 15) is 9.59 Å². The normalized spacial score (nSPS) is 24.4. The third-order valence-electron chi connectivity index (χ3n) is 8.62. The molecular formula is C33H29NO3. The highest BCUT2D eigenvalue weighted by atomic mass is 16.5. The maximum Gasteiger partial charge on any atom is 0.338 e. The van der Waals surface area contributed by atoms with Crippen molar-refractivity contribution < 1.29 is 14.3 Å². The zero-order valence-corrected chi connectivity index (χ0v) is 20.7. The van der Waals surface area contributed by atoms with Crippen molar-refractivity contribution in [2.24, 2.45) is 11.8 Å². The van der Waals surface area contributed by atoms with Crippen LogP contribution in [0.15, 0.2) is 91.0 Å². The average Bonchev–Trinajstić information content (AvgIpc) is 3.62. The molecule has 0 unspecified atom stereocenters. The summed E-state index contributed by atoms with van der Waals surface area (Å²) in [6.45, 7) is 1.81. The third kappa shape index (κ3) is 3.74. The number of rotatable bonds is 5. The van der Waals surface area contributed by atoms with Crippen molar-refractivity contribution in [3.05, 3.63) is 113 Å². The minimum Gasteiger partial charge on any atom is -0.454 e. The summed E-state index contributed by atoms with van der Waals surface area (Å²) in [5, 5.41) is 0. The molecule has 0 spiro atoms. The van der Waals surface area contributed by atoms with Gasteiger partial charge in [0, 0.05) is 36.2 Å². The van der Waals surface area contributed by atoms with Gasteiger partial charge in [-0.3, -0.25) is 4.79 Å². The van der Waals surface area contributed by atoms with Gasteiger partial charge >= 0.3 is 5.97 Å². The van der Waals surface area contributed by atoms with Crippen LogP contribution < -0.4 is 4.90 Å². The molecular weight excluding hydrogens is 458 g/mol. The van der Waals surface area contributed by atoms with E-state index in [0.717, 1.165) is 42.6 Å². The number of carbonyl (C=O) groups is 2. The van der Waals surface area contributed by atoms with Crippen LogP contribution in [-0.2, 0) is 4.74 Å². The van der Waals surface area contributed by atoms with Crippen molar-refractivity contribution in [1.82, 2.24) is 0 Å². The van der Waals surface area contributed by atoms with E-state index in [0.29, 0.717) is 28.9 Å². The Balaban J connectivity index is 1.13. The standard InChI is InChI=1S/C33H29NO3/c35-30(23-14-12-22(13-15-23)21-6-2-1-3-7-21)20-37-33(36)29-17-16-28-26-10-4-8-24(26)18-34-19-25-9-5-11-27(25)31(29)32(28)34/h1-7,10-17,24-27H,8-9,18-20H2/t24-,25+,26+,27+/m1/s1. The molecule has 184 valence electrons. The number of hydrogen-bond donors (Lipinski definition) is 0. The van der Waals surface area contributed by atoms with E-state index < -0.39 is 5.97 Å². The lowest BCUT2D eigenvalue weighted by molar-refractivity contribution is 0.0473. The predicted molar refractivity (Wildman–Crippen MR) is 145 cm³/mol. The van der Waals surface area contributed by atoms with Crippen molar-refractivity contribution in [2.45, 2.75) is 24.7 Å². The van der Waals surface area contributed by atoms with Gasteiger partial charge in [0.15, 0.2) is 12.4 Å². The summed E-state index contributed by atoms with van der Waals surface area (Å²) in [5.74, 6) is 1.17. The molecule has 4 atom stereocenters. The maximum atomic E-state index is 13.4. The molecule has 0 aromatic heterocycles. The lowest BCUT2D eigenvalue weighted by Crippen LogP contribution is -2.44. The molecule has 2 heterocycles. The molecule has 4 aliphatic rings. The summed E-state index contributed by atoms with van der Waals surface area (Å²) >= 11 is 0. The van der Waals surface area contributed by atoms with Crippen LogP contribution in [0, 0.1) is 11.8 Å². The molecule has 0 N–H and O–H groups in total. The Bertz CT molecular complexity index is 1430. The summed E-state index contributed by atoms with van der Waals surface area (Å²) in [6.07, 6.45) is 11.3. The topological polar surface area (TPSA) is 46.6 Å². The van der Waals surface area contributed by atoms with Gasteiger partial charge in [0.1, 0.15) is 0 Å². The van der Waals surface area contributed by atoms with Crippen LogP contribution >= 0.6 is 0 Å². The Labute approximate surface area is 217 Å². The maximum absolute atomic E-state index is 13.4. The van der Waals surface area contributed by atoms with Gasteiger partial charge in [-0.1, -0.05) is 85.0 Å². The van der Waals surface area contributed by atoms with Gasteiger partial charge in [0.25, 0.3) is 0 Å². The Morgan fingerprint density at radius 2 is 1.46 bits per heavy atom. The van der Waals surface area contributed by atoms with Crippen LogP contribution in [0.2, 0.25) is 0 Å². The molecule has 7 rings (SSSR count). The molecule has 0 amide bonds. The average molecular weight is 488 g/mol. The van der Waals surface area contributed by atoms with Gasteiger partial charge < -0.3 is 9.64 Å². The Morgan fingerprint density at radius 1 is 0.784 bits per heavy atom. The summed E-state index contributed by atoms with van der Waals surface area (Å²) < 4.78 is 5.64. The summed E-state index contributed by atoms with van der Waals surface area (Å²) in [7, 11) is 0. The minimum absolute atomic E-state index is 0.196. The number of anilines is 1. The molecule has 0 saturated carbocycles. The van der Waals surface area contributed by atoms with E-state index in [1.165, 1.54) is 11.3 Å². The van der Waals surface area contributed by atoms with Gasteiger partial charge in [-0.15, -0.1) is 0 Å². The first-order valence-electron chi connectivity index (χ1n) is 13.3. The zero-order chi connectivity index (χ0) is 24.9. The first-order valence-corrected chi connectivity index (χ1v) is 13.3. The molecule has 2 aliphatic heterocycles. The van der Waals surface area contributed by atoms with Crippen molar-refractivity contribution in [3.8, 4) is 11.1 Å². The van der Waals surface area contributed by atoms with Gasteiger partial charge in [0.05, 0.1) is 5.56 Å². The number of esters is 1. The van der Waals surface area contributed by atoms with Crippen molar-refractivity contribution in [1.29, 1.82) is 0 Å². The molecule has 0 saturated heterocycles. The number of fused-ring (bicyclic) bond motifs is 4. The number of ketones is 1. The number of hydrogen-bond acceptors (Lipinski definition) is 4. The zero-order valence-electron chi connectivity index (χ0n) is 20.7. The number of carbonyl (C=O) groups excluding carboxylic acids is 2. The summed E-state index contributed by atoms with van der Waals surface area (Å²) in [6, 6.07) is 21.6. The van der Waals surface area contributed by atoms with Gasteiger partial charge in [-0.2, -0.15) is 0 Å². The van der Waals surface area contributed by atoms with Gasteiger partial charge in [0.2, 0.25) is 0 Å². The van der Waals surface area contributed by atoms with Crippen LogP contribution in [-0.4, -0.2) is 31.4 Å². The molecule has 37 heavy (non-hydrogen) atoms. The smallest absolute Gasteiger partial charge is 0.338 e. The molecule has 0 fully saturated rings. The lowest BCUT2D eigenvalue weighted by atomic mass is 9.73. The highest BCUT2D eigenvalue weighted by Gasteiger charge is 2.44. The fourth-order valence-corrected chi connectivity index (χ4v) is 6.83. The second-order valence-corrected chi connectivity index (χ2v) is 10.7. The summed E-state index contributed by atoms with van der Waals surface area (Å²) in [4.78, 5) is 28.8. The van der Waals surface area contributed by atoms with E-state index >= 15 is 0 Å². The Kier molecular flexibility index (Phi) is 5.35. The monoisotopic (exact) mass is 487 g/mol. The van der Waals surface area contributed by atoms with Gasteiger partial charge in [-0.25, -0.2) is 4.79 Å². The van der Waals surface area contributed by atoms with Crippen molar-refractivity contribution in [3.63, 3.8) is 0 Å². The molecule has 4 heteroatoms. The van der Waals surface area contributed by atoms with Crippen LogP contribution in [0.4, 0.5) is 5.69 Å². The molecule has 0 radical (unpaired) electrons. The molecule has 3 aromatic carbocycles. The number of benzene rings is 3. The largest absolute Gasteiger partial charge is 0.454 e. The fraction of sp³-hybridized carbons (Fsp3) is 0.273. The SMILES string of the molecule is O=C(COC(=O)c1ccc2c3c1[C@H]1C=CC[C@H]1CN3C[C@H]1CC=C[C@H]21)c1ccc(-c2ccccc2)cc1. The molecule has 4 nitrogen and oxygen atoms in total. The number of nitrogens with zero attached hydrogens (tertiary/aromatic N) is 1. The number of allylic oxidation sites excluding steroid dienone is 4. The van der Waals surface area contributed by atoms with E-state index in [2.05, 4.69) is 35.3 Å². The van der Waals surface area contributed by atoms with Gasteiger partial charge in [-0.05, 0) is 53.0 Å². The fourth-order valence-electron chi connectivity index (χ4n) is 6.83. The van der Waals surface area contributed by atoms with Crippen LogP contribution in [0.25, 0.3) is 11.1 Å². The van der Waals surface area contributed by atoms with E-state index in [1.54, 1.807) is 12.1 Å². The third-order valence-corrected chi connectivity index (χ3v) is 8.62.